The third-order valence-corrected chi connectivity index (χ3v) is 5.25. The maximum atomic E-state index is 12.6. The summed E-state index contributed by atoms with van der Waals surface area (Å²) in [6, 6.07) is 7.81. The molecule has 1 aliphatic carbocycles. The van der Waals surface area contributed by atoms with E-state index in [1.165, 1.54) is 31.9 Å². The molecule has 1 N–H and O–H groups in total. The Morgan fingerprint density at radius 1 is 1.30 bits per heavy atom. The van der Waals surface area contributed by atoms with Gasteiger partial charge < -0.3 is 14.7 Å². The smallest absolute Gasteiger partial charge is 0.313 e. The summed E-state index contributed by atoms with van der Waals surface area (Å²) >= 11 is 0. The number of carbonyl (C=O) groups is 2. The molecule has 1 aromatic rings. The molecule has 124 valence electrons. The first-order valence-electron chi connectivity index (χ1n) is 8.17. The Morgan fingerprint density at radius 3 is 2.52 bits per heavy atom. The second-order valence-electron chi connectivity index (χ2n) is 6.75. The monoisotopic (exact) mass is 317 g/mol. The molecule has 3 rings (SSSR count). The normalized spacial score (nSPS) is 24.5. The van der Waals surface area contributed by atoms with E-state index in [1.807, 2.05) is 24.3 Å². The highest BCUT2D eigenvalue weighted by Crippen LogP contribution is 2.36. The lowest BCUT2D eigenvalue weighted by Gasteiger charge is -2.26. The second kappa shape index (κ2) is 6.32. The first-order valence-corrected chi connectivity index (χ1v) is 8.17. The first kappa shape index (κ1) is 16.0. The van der Waals surface area contributed by atoms with Gasteiger partial charge in [-0.15, -0.1) is 0 Å². The molecule has 1 aromatic carbocycles. The maximum Gasteiger partial charge on any atom is 0.313 e. The number of benzene rings is 1. The van der Waals surface area contributed by atoms with Gasteiger partial charge in [-0.3, -0.25) is 9.59 Å². The van der Waals surface area contributed by atoms with Gasteiger partial charge in [0.05, 0.1) is 6.61 Å². The van der Waals surface area contributed by atoms with Crippen molar-refractivity contribution in [3.8, 4) is 0 Å². The van der Waals surface area contributed by atoms with Crippen LogP contribution in [0.25, 0.3) is 0 Å². The Hall–Kier alpha value is -1.88. The van der Waals surface area contributed by atoms with Gasteiger partial charge in [-0.25, -0.2) is 0 Å². The molecule has 0 bridgehead atoms. The Bertz CT molecular complexity index is 594. The van der Waals surface area contributed by atoms with Crippen LogP contribution >= 0.6 is 0 Å². The topological polar surface area (TPSA) is 66.8 Å². The van der Waals surface area contributed by atoms with E-state index in [2.05, 4.69) is 0 Å². The molecule has 1 heterocycles. The highest BCUT2D eigenvalue weighted by Gasteiger charge is 2.46. The molecule has 0 radical (unpaired) electrons. The Balaban J connectivity index is 1.69. The van der Waals surface area contributed by atoms with Crippen LogP contribution in [0, 0.1) is 5.41 Å². The van der Waals surface area contributed by atoms with Gasteiger partial charge in [-0.1, -0.05) is 18.6 Å². The molecule has 23 heavy (non-hydrogen) atoms. The summed E-state index contributed by atoms with van der Waals surface area (Å²) in [5.74, 6) is -0.341. The average molecular weight is 317 g/mol. The standard InChI is InChI=1S/C18H23NO4/c1-23-12-18(17(21)22)9-10-19(11-18)16(20)15-7-5-14(6-8-15)13-3-2-4-13/h5-8,13H,2-4,9-12H2,1H3,(H,21,22)/t18-/m0/s1. The van der Waals surface area contributed by atoms with E-state index in [0.717, 1.165) is 0 Å². The van der Waals surface area contributed by atoms with Crippen LogP contribution in [0.4, 0.5) is 0 Å². The van der Waals surface area contributed by atoms with Gasteiger partial charge in [0, 0.05) is 25.8 Å². The van der Waals surface area contributed by atoms with Gasteiger partial charge >= 0.3 is 5.97 Å². The number of amides is 1. The molecular formula is C18H23NO4. The average Bonchev–Trinajstić information content (AvgIpc) is 2.92. The van der Waals surface area contributed by atoms with Gasteiger partial charge in [0.15, 0.2) is 0 Å². The summed E-state index contributed by atoms with van der Waals surface area (Å²) in [5, 5.41) is 9.48. The molecule has 0 unspecified atom stereocenters. The highest BCUT2D eigenvalue weighted by atomic mass is 16.5. The van der Waals surface area contributed by atoms with Crippen LogP contribution in [-0.2, 0) is 9.53 Å². The van der Waals surface area contributed by atoms with Crippen molar-refractivity contribution in [2.45, 2.75) is 31.6 Å². The molecule has 1 atom stereocenters. The fraction of sp³-hybridized carbons (Fsp3) is 0.556. The summed E-state index contributed by atoms with van der Waals surface area (Å²) in [6.07, 6.45) is 4.19. The predicted octanol–water partition coefficient (Wildman–Crippen LogP) is 2.52. The minimum atomic E-state index is -0.976. The summed E-state index contributed by atoms with van der Waals surface area (Å²) < 4.78 is 5.07. The number of methoxy groups -OCH3 is 1. The summed E-state index contributed by atoms with van der Waals surface area (Å²) in [5.41, 5.74) is 0.955. The number of rotatable bonds is 5. The second-order valence-corrected chi connectivity index (χ2v) is 6.75. The van der Waals surface area contributed by atoms with Gasteiger partial charge in [0.25, 0.3) is 5.91 Å². The Labute approximate surface area is 136 Å². The van der Waals surface area contributed by atoms with Crippen LogP contribution in [0.2, 0.25) is 0 Å². The molecule has 1 amide bonds. The van der Waals surface area contributed by atoms with E-state index in [0.29, 0.717) is 24.4 Å². The molecule has 1 saturated carbocycles. The van der Waals surface area contributed by atoms with E-state index >= 15 is 0 Å². The fourth-order valence-corrected chi connectivity index (χ4v) is 3.50. The number of hydrogen-bond acceptors (Lipinski definition) is 3. The lowest BCUT2D eigenvalue weighted by atomic mass is 9.80. The van der Waals surface area contributed by atoms with Crippen molar-refractivity contribution in [3.05, 3.63) is 35.4 Å². The van der Waals surface area contributed by atoms with Crippen molar-refractivity contribution >= 4 is 11.9 Å². The van der Waals surface area contributed by atoms with E-state index in [9.17, 15) is 14.7 Å². The third-order valence-electron chi connectivity index (χ3n) is 5.25. The number of nitrogens with zero attached hydrogens (tertiary/aromatic N) is 1. The molecule has 1 saturated heterocycles. The van der Waals surface area contributed by atoms with Crippen LogP contribution in [0.1, 0.15) is 47.5 Å². The zero-order chi connectivity index (χ0) is 16.4. The number of hydrogen-bond donors (Lipinski definition) is 1. The lowest BCUT2D eigenvalue weighted by Crippen LogP contribution is -2.40. The van der Waals surface area contributed by atoms with Crippen molar-refractivity contribution < 1.29 is 19.4 Å². The zero-order valence-electron chi connectivity index (χ0n) is 13.5. The first-order chi connectivity index (χ1) is 11.1. The van der Waals surface area contributed by atoms with Crippen molar-refractivity contribution in [1.82, 2.24) is 4.90 Å². The van der Waals surface area contributed by atoms with E-state index in [1.54, 1.807) is 4.90 Å². The minimum absolute atomic E-state index is 0.0932. The molecule has 2 aliphatic rings. The van der Waals surface area contributed by atoms with Crippen LogP contribution in [0.5, 0.6) is 0 Å². The van der Waals surface area contributed by atoms with E-state index in [-0.39, 0.29) is 19.1 Å². The van der Waals surface area contributed by atoms with Crippen molar-refractivity contribution in [2.75, 3.05) is 26.8 Å². The van der Waals surface area contributed by atoms with Crippen LogP contribution in [0.3, 0.4) is 0 Å². The molecule has 0 spiro atoms. The molecule has 0 aromatic heterocycles. The van der Waals surface area contributed by atoms with Crippen LogP contribution in [0.15, 0.2) is 24.3 Å². The minimum Gasteiger partial charge on any atom is -0.481 e. The number of ether oxygens (including phenoxy) is 1. The van der Waals surface area contributed by atoms with Gasteiger partial charge in [0.2, 0.25) is 0 Å². The molecule has 1 aliphatic heterocycles. The Kier molecular flexibility index (Phi) is 4.39. The number of carboxylic acids is 1. The predicted molar refractivity (Wildman–Crippen MR) is 85.5 cm³/mol. The quantitative estimate of drug-likeness (QED) is 0.906. The van der Waals surface area contributed by atoms with Gasteiger partial charge in [0.1, 0.15) is 5.41 Å². The maximum absolute atomic E-state index is 12.6. The van der Waals surface area contributed by atoms with E-state index < -0.39 is 11.4 Å². The largest absolute Gasteiger partial charge is 0.481 e. The number of carbonyl (C=O) groups excluding carboxylic acids is 1. The summed E-state index contributed by atoms with van der Waals surface area (Å²) in [6.45, 7) is 0.797. The van der Waals surface area contributed by atoms with E-state index in [4.69, 9.17) is 4.74 Å². The highest BCUT2D eigenvalue weighted by molar-refractivity contribution is 5.95. The van der Waals surface area contributed by atoms with Crippen molar-refractivity contribution in [3.63, 3.8) is 0 Å². The van der Waals surface area contributed by atoms with Crippen molar-refractivity contribution in [1.29, 1.82) is 0 Å². The summed E-state index contributed by atoms with van der Waals surface area (Å²) in [7, 11) is 1.49. The lowest BCUT2D eigenvalue weighted by molar-refractivity contribution is -0.151. The molecule has 5 nitrogen and oxygen atoms in total. The SMILES string of the molecule is COC[C@]1(C(=O)O)CCN(C(=O)c2ccc(C3CCC3)cc2)C1. The molecular weight excluding hydrogens is 294 g/mol. The molecule has 5 heteroatoms. The summed E-state index contributed by atoms with van der Waals surface area (Å²) in [4.78, 5) is 25.8. The number of aliphatic carboxylic acids is 1. The molecule has 2 fully saturated rings. The third kappa shape index (κ3) is 2.98. The van der Waals surface area contributed by atoms with Gasteiger partial charge in [-0.05, 0) is 42.9 Å². The Morgan fingerprint density at radius 2 is 2.00 bits per heavy atom. The zero-order valence-corrected chi connectivity index (χ0v) is 13.5. The van der Waals surface area contributed by atoms with Crippen LogP contribution in [-0.4, -0.2) is 48.7 Å². The number of carboxylic acid groups (broad SMARTS) is 1. The van der Waals surface area contributed by atoms with Gasteiger partial charge in [-0.2, -0.15) is 0 Å². The number of likely N-dealkylation sites (tertiary alicyclic amines) is 1. The fourth-order valence-electron chi connectivity index (χ4n) is 3.50. The van der Waals surface area contributed by atoms with Crippen molar-refractivity contribution in [2.24, 2.45) is 5.41 Å². The van der Waals surface area contributed by atoms with Crippen LogP contribution < -0.4 is 0 Å².